The van der Waals surface area contributed by atoms with Crippen LogP contribution >= 0.6 is 35.1 Å². The number of thioether (sulfide) groups is 2. The summed E-state index contributed by atoms with van der Waals surface area (Å²) in [6.07, 6.45) is 1.99. The van der Waals surface area contributed by atoms with Gasteiger partial charge in [0.15, 0.2) is 5.82 Å². The first-order chi connectivity index (χ1) is 12.6. The van der Waals surface area contributed by atoms with Crippen LogP contribution in [0.3, 0.4) is 0 Å². The normalized spacial score (nSPS) is 10.7. The fraction of sp³-hybridized carbons (Fsp3) is 0.118. The molecular formula is C17H16ClN5OS2. The fourth-order valence-corrected chi connectivity index (χ4v) is 3.57. The molecule has 0 unspecified atom stereocenters. The topological polar surface area (TPSA) is 85.8 Å². The van der Waals surface area contributed by atoms with Gasteiger partial charge in [0.05, 0.1) is 10.8 Å². The molecule has 3 aromatic rings. The Morgan fingerprint density at radius 1 is 1.23 bits per heavy atom. The lowest BCUT2D eigenvalue weighted by Crippen LogP contribution is -2.16. The molecule has 9 heteroatoms. The van der Waals surface area contributed by atoms with Gasteiger partial charge in [0.25, 0.3) is 0 Å². The van der Waals surface area contributed by atoms with E-state index in [0.717, 1.165) is 10.6 Å². The molecule has 2 aromatic carbocycles. The molecule has 134 valence electrons. The molecule has 1 heterocycles. The summed E-state index contributed by atoms with van der Waals surface area (Å²) in [4.78, 5) is 13.3. The summed E-state index contributed by atoms with van der Waals surface area (Å²) < 4.78 is 1.34. The molecule has 0 aliphatic rings. The monoisotopic (exact) mass is 405 g/mol. The number of anilines is 1. The average molecular weight is 406 g/mol. The lowest BCUT2D eigenvalue weighted by Gasteiger charge is -2.07. The number of carbonyl (C=O) groups excluding carboxylic acids is 1. The van der Waals surface area contributed by atoms with Crippen LogP contribution in [-0.2, 0) is 4.79 Å². The molecule has 0 aliphatic heterocycles. The Labute approximate surface area is 164 Å². The number of carbonyl (C=O) groups is 1. The van der Waals surface area contributed by atoms with Crippen molar-refractivity contribution in [2.45, 2.75) is 10.1 Å². The van der Waals surface area contributed by atoms with Crippen molar-refractivity contribution in [1.82, 2.24) is 14.9 Å². The van der Waals surface area contributed by atoms with Crippen molar-refractivity contribution in [3.63, 3.8) is 0 Å². The van der Waals surface area contributed by atoms with E-state index in [1.807, 2.05) is 48.7 Å². The van der Waals surface area contributed by atoms with Gasteiger partial charge in [-0.15, -0.1) is 22.0 Å². The zero-order chi connectivity index (χ0) is 18.5. The van der Waals surface area contributed by atoms with Crippen LogP contribution in [0.4, 0.5) is 5.69 Å². The van der Waals surface area contributed by atoms with E-state index in [2.05, 4.69) is 15.5 Å². The summed E-state index contributed by atoms with van der Waals surface area (Å²) in [5.41, 5.74) is 1.45. The molecular weight excluding hydrogens is 390 g/mol. The van der Waals surface area contributed by atoms with Crippen molar-refractivity contribution in [2.24, 2.45) is 0 Å². The molecule has 3 N–H and O–H groups in total. The Hall–Kier alpha value is -2.16. The second kappa shape index (κ2) is 8.48. The van der Waals surface area contributed by atoms with Crippen LogP contribution in [0.25, 0.3) is 11.4 Å². The Balaban J connectivity index is 1.65. The smallest absolute Gasteiger partial charge is 0.234 e. The summed E-state index contributed by atoms with van der Waals surface area (Å²) in [6.45, 7) is 0. The minimum absolute atomic E-state index is 0.143. The summed E-state index contributed by atoms with van der Waals surface area (Å²) in [5, 5.41) is 12.0. The molecule has 3 rings (SSSR count). The van der Waals surface area contributed by atoms with Crippen LogP contribution in [0.2, 0.25) is 5.02 Å². The second-order valence-corrected chi connectivity index (χ2v) is 7.45. The first-order valence-electron chi connectivity index (χ1n) is 7.60. The minimum Gasteiger partial charge on any atom is -0.335 e. The maximum Gasteiger partial charge on any atom is 0.234 e. The molecule has 0 spiro atoms. The highest BCUT2D eigenvalue weighted by atomic mass is 35.5. The van der Waals surface area contributed by atoms with E-state index in [4.69, 9.17) is 17.4 Å². The van der Waals surface area contributed by atoms with Gasteiger partial charge in [0.2, 0.25) is 11.1 Å². The lowest BCUT2D eigenvalue weighted by molar-refractivity contribution is -0.113. The average Bonchev–Trinajstić information content (AvgIpc) is 3.01. The Morgan fingerprint density at radius 2 is 2.04 bits per heavy atom. The van der Waals surface area contributed by atoms with E-state index in [1.54, 1.807) is 17.8 Å². The van der Waals surface area contributed by atoms with Crippen LogP contribution in [0.15, 0.2) is 58.6 Å². The summed E-state index contributed by atoms with van der Waals surface area (Å²) >= 11 is 9.00. The highest BCUT2D eigenvalue weighted by Crippen LogP contribution is 2.27. The molecule has 0 atom stereocenters. The largest absolute Gasteiger partial charge is 0.335 e. The van der Waals surface area contributed by atoms with E-state index in [9.17, 15) is 4.79 Å². The van der Waals surface area contributed by atoms with Gasteiger partial charge < -0.3 is 11.2 Å². The predicted octanol–water partition coefficient (Wildman–Crippen LogP) is 3.77. The van der Waals surface area contributed by atoms with E-state index in [0.29, 0.717) is 21.6 Å². The zero-order valence-electron chi connectivity index (χ0n) is 13.8. The highest BCUT2D eigenvalue weighted by molar-refractivity contribution is 7.99. The fourth-order valence-electron chi connectivity index (χ4n) is 2.23. The zero-order valence-corrected chi connectivity index (χ0v) is 16.2. The Kier molecular flexibility index (Phi) is 6.08. The number of nitrogens with one attached hydrogen (secondary N) is 1. The number of halogens is 1. The van der Waals surface area contributed by atoms with Gasteiger partial charge >= 0.3 is 0 Å². The van der Waals surface area contributed by atoms with Crippen LogP contribution in [0.1, 0.15) is 0 Å². The minimum atomic E-state index is -0.143. The number of aromatic nitrogens is 3. The Bertz CT molecular complexity index is 931. The number of nitrogens with zero attached hydrogens (tertiary/aromatic N) is 3. The van der Waals surface area contributed by atoms with Crippen molar-refractivity contribution < 1.29 is 4.79 Å². The van der Waals surface area contributed by atoms with Crippen molar-refractivity contribution in [3.8, 4) is 11.4 Å². The van der Waals surface area contributed by atoms with Gasteiger partial charge in [-0.3, -0.25) is 4.79 Å². The predicted molar refractivity (Wildman–Crippen MR) is 108 cm³/mol. The number of hydrogen-bond acceptors (Lipinski definition) is 6. The summed E-state index contributed by atoms with van der Waals surface area (Å²) in [7, 11) is 0. The Morgan fingerprint density at radius 3 is 2.81 bits per heavy atom. The van der Waals surface area contributed by atoms with Gasteiger partial charge in [-0.1, -0.05) is 41.6 Å². The molecule has 0 aliphatic carbocycles. The summed E-state index contributed by atoms with van der Waals surface area (Å²) in [5.74, 6) is 6.53. The van der Waals surface area contributed by atoms with Gasteiger partial charge in [-0.25, -0.2) is 4.68 Å². The molecule has 26 heavy (non-hydrogen) atoms. The quantitative estimate of drug-likeness (QED) is 0.479. The molecule has 0 fully saturated rings. The SMILES string of the molecule is CSc1cccc(NC(=O)CSc2nnc(-c3ccccc3Cl)n2N)c1. The standard InChI is InChI=1S/C17H16ClN5OS2/c1-25-12-6-4-5-11(9-12)20-15(24)10-26-17-22-21-16(23(17)19)13-7-2-3-8-14(13)18/h2-9H,10,19H2,1H3,(H,20,24). The molecule has 0 bridgehead atoms. The molecule has 0 saturated carbocycles. The van der Waals surface area contributed by atoms with Crippen LogP contribution < -0.4 is 11.2 Å². The molecule has 6 nitrogen and oxygen atoms in total. The van der Waals surface area contributed by atoms with E-state index < -0.39 is 0 Å². The van der Waals surface area contributed by atoms with Gasteiger partial charge in [0, 0.05) is 16.1 Å². The van der Waals surface area contributed by atoms with Crippen LogP contribution in [0.5, 0.6) is 0 Å². The van der Waals surface area contributed by atoms with Gasteiger partial charge in [0.1, 0.15) is 0 Å². The first kappa shape index (κ1) is 18.6. The number of nitrogens with two attached hydrogens (primary N) is 1. The maximum atomic E-state index is 12.2. The number of rotatable bonds is 6. The van der Waals surface area contributed by atoms with Crippen molar-refractivity contribution in [3.05, 3.63) is 53.6 Å². The third kappa shape index (κ3) is 4.32. The van der Waals surface area contributed by atoms with Crippen molar-refractivity contribution in [1.29, 1.82) is 0 Å². The van der Waals surface area contributed by atoms with Crippen molar-refractivity contribution >= 4 is 46.7 Å². The third-order valence-corrected chi connectivity index (χ3v) is 5.46. The summed E-state index contributed by atoms with van der Waals surface area (Å²) in [6, 6.07) is 14.9. The van der Waals surface area contributed by atoms with Crippen molar-refractivity contribution in [2.75, 3.05) is 23.2 Å². The maximum absolute atomic E-state index is 12.2. The molecule has 1 aromatic heterocycles. The van der Waals surface area contributed by atoms with Gasteiger partial charge in [-0.2, -0.15) is 0 Å². The van der Waals surface area contributed by atoms with Crippen LogP contribution in [0, 0.1) is 0 Å². The molecule has 1 amide bonds. The number of benzene rings is 2. The number of amides is 1. The first-order valence-corrected chi connectivity index (χ1v) is 10.2. The third-order valence-electron chi connectivity index (χ3n) is 3.47. The van der Waals surface area contributed by atoms with E-state index in [1.165, 1.54) is 16.4 Å². The number of nitrogen functional groups attached to an aromatic ring is 1. The molecule has 0 saturated heterocycles. The highest BCUT2D eigenvalue weighted by Gasteiger charge is 2.15. The lowest BCUT2D eigenvalue weighted by atomic mass is 10.2. The number of hydrogen-bond donors (Lipinski definition) is 2. The van der Waals surface area contributed by atoms with Crippen LogP contribution in [-0.4, -0.2) is 32.8 Å². The molecule has 0 radical (unpaired) electrons. The second-order valence-electron chi connectivity index (χ2n) is 5.22. The van der Waals surface area contributed by atoms with E-state index >= 15 is 0 Å². The van der Waals surface area contributed by atoms with Gasteiger partial charge in [-0.05, 0) is 36.6 Å². The van der Waals surface area contributed by atoms with E-state index in [-0.39, 0.29) is 11.7 Å².